The van der Waals surface area contributed by atoms with Crippen molar-refractivity contribution in [3.05, 3.63) is 58.5 Å². The summed E-state index contributed by atoms with van der Waals surface area (Å²) in [6.07, 6.45) is 1.78. The average molecular weight is 348 g/mol. The number of rotatable bonds is 4. The van der Waals surface area contributed by atoms with Gasteiger partial charge in [0.1, 0.15) is 18.0 Å². The van der Waals surface area contributed by atoms with Crippen LogP contribution in [-0.4, -0.2) is 32.6 Å². The molecule has 7 heteroatoms. The van der Waals surface area contributed by atoms with E-state index in [2.05, 4.69) is 20.3 Å². The number of carboxylic acid groups (broad SMARTS) is 1. The van der Waals surface area contributed by atoms with E-state index in [1.54, 1.807) is 24.4 Å². The SMILES string of the molecule is Cc1cc(=O)c2cccc(-c3cc(NCC(=O)O)nc4[nH]ccc34)c2[nH]1. The van der Waals surface area contributed by atoms with Crippen LogP contribution < -0.4 is 10.7 Å². The summed E-state index contributed by atoms with van der Waals surface area (Å²) < 4.78 is 0. The number of carbonyl (C=O) groups is 1. The molecule has 0 amide bonds. The maximum atomic E-state index is 12.3. The second-order valence-electron chi connectivity index (χ2n) is 6.09. The average Bonchev–Trinajstić information content (AvgIpc) is 3.07. The van der Waals surface area contributed by atoms with E-state index in [1.165, 1.54) is 0 Å². The first-order chi connectivity index (χ1) is 12.5. The van der Waals surface area contributed by atoms with Gasteiger partial charge in [-0.05, 0) is 30.7 Å². The van der Waals surface area contributed by atoms with E-state index in [-0.39, 0.29) is 12.0 Å². The van der Waals surface area contributed by atoms with Crippen LogP contribution in [0.15, 0.2) is 47.4 Å². The molecule has 0 saturated heterocycles. The number of aliphatic carboxylic acids is 1. The fourth-order valence-electron chi connectivity index (χ4n) is 3.14. The van der Waals surface area contributed by atoms with Crippen LogP contribution in [0.5, 0.6) is 0 Å². The Hall–Kier alpha value is -3.61. The molecule has 0 saturated carbocycles. The molecule has 26 heavy (non-hydrogen) atoms. The Morgan fingerprint density at radius 1 is 1.19 bits per heavy atom. The number of aromatic amines is 2. The number of H-pyrrole nitrogens is 2. The van der Waals surface area contributed by atoms with Gasteiger partial charge in [-0.1, -0.05) is 12.1 Å². The molecule has 3 aromatic heterocycles. The van der Waals surface area contributed by atoms with Crippen molar-refractivity contribution in [3.8, 4) is 11.1 Å². The zero-order valence-corrected chi connectivity index (χ0v) is 14.0. The van der Waals surface area contributed by atoms with Crippen LogP contribution >= 0.6 is 0 Å². The molecule has 0 spiro atoms. The second-order valence-corrected chi connectivity index (χ2v) is 6.09. The normalized spacial score (nSPS) is 11.1. The lowest BCUT2D eigenvalue weighted by Crippen LogP contribution is -2.13. The van der Waals surface area contributed by atoms with Gasteiger partial charge in [0, 0.05) is 34.3 Å². The number of fused-ring (bicyclic) bond motifs is 2. The number of nitrogens with zero attached hydrogens (tertiary/aromatic N) is 1. The van der Waals surface area contributed by atoms with Crippen LogP contribution in [-0.2, 0) is 4.79 Å². The Bertz CT molecular complexity index is 1210. The topological polar surface area (TPSA) is 111 Å². The minimum absolute atomic E-state index is 0.0401. The van der Waals surface area contributed by atoms with Crippen LogP contribution in [0.1, 0.15) is 5.69 Å². The zero-order valence-electron chi connectivity index (χ0n) is 14.0. The van der Waals surface area contributed by atoms with Gasteiger partial charge in [0.2, 0.25) is 0 Å². The van der Waals surface area contributed by atoms with E-state index in [4.69, 9.17) is 5.11 Å². The van der Waals surface area contributed by atoms with Crippen LogP contribution in [0.2, 0.25) is 0 Å². The molecule has 1 aromatic carbocycles. The number of aryl methyl sites for hydroxylation is 1. The summed E-state index contributed by atoms with van der Waals surface area (Å²) in [5.74, 6) is -0.519. The Morgan fingerprint density at radius 3 is 2.85 bits per heavy atom. The number of para-hydroxylation sites is 1. The lowest BCUT2D eigenvalue weighted by Gasteiger charge is -2.11. The van der Waals surface area contributed by atoms with Crippen LogP contribution in [0, 0.1) is 6.92 Å². The van der Waals surface area contributed by atoms with E-state index in [0.717, 1.165) is 27.7 Å². The van der Waals surface area contributed by atoms with Gasteiger partial charge < -0.3 is 20.4 Å². The molecule has 130 valence electrons. The third kappa shape index (κ3) is 2.69. The smallest absolute Gasteiger partial charge is 0.322 e. The first kappa shape index (κ1) is 15.9. The largest absolute Gasteiger partial charge is 0.480 e. The van der Waals surface area contributed by atoms with Crippen molar-refractivity contribution in [1.82, 2.24) is 15.0 Å². The number of pyridine rings is 2. The fourth-order valence-corrected chi connectivity index (χ4v) is 3.14. The quantitative estimate of drug-likeness (QED) is 0.453. The minimum atomic E-state index is -0.968. The molecule has 0 radical (unpaired) electrons. The van der Waals surface area contributed by atoms with Gasteiger partial charge in [0.05, 0.1) is 5.52 Å². The van der Waals surface area contributed by atoms with Crippen molar-refractivity contribution < 1.29 is 9.90 Å². The lowest BCUT2D eigenvalue weighted by molar-refractivity contribution is -0.134. The third-order valence-electron chi connectivity index (χ3n) is 4.24. The van der Waals surface area contributed by atoms with Crippen molar-refractivity contribution in [3.63, 3.8) is 0 Å². The molecule has 4 aromatic rings. The van der Waals surface area contributed by atoms with E-state index in [0.29, 0.717) is 16.9 Å². The van der Waals surface area contributed by atoms with Crippen molar-refractivity contribution in [1.29, 1.82) is 0 Å². The molecule has 4 rings (SSSR count). The van der Waals surface area contributed by atoms with Crippen LogP contribution in [0.25, 0.3) is 33.1 Å². The summed E-state index contributed by atoms with van der Waals surface area (Å²) in [6, 6.07) is 10.8. The van der Waals surface area contributed by atoms with E-state index >= 15 is 0 Å². The van der Waals surface area contributed by atoms with Gasteiger partial charge in [-0.2, -0.15) is 0 Å². The summed E-state index contributed by atoms with van der Waals surface area (Å²) >= 11 is 0. The number of hydrogen-bond acceptors (Lipinski definition) is 4. The Balaban J connectivity index is 1.99. The Kier molecular flexibility index (Phi) is 3.69. The van der Waals surface area contributed by atoms with Crippen molar-refractivity contribution in [2.24, 2.45) is 0 Å². The molecular weight excluding hydrogens is 332 g/mol. The van der Waals surface area contributed by atoms with Gasteiger partial charge in [-0.3, -0.25) is 9.59 Å². The number of benzene rings is 1. The Labute approximate surface area is 147 Å². The van der Waals surface area contributed by atoms with E-state index < -0.39 is 5.97 Å². The second kappa shape index (κ2) is 6.03. The van der Waals surface area contributed by atoms with Crippen molar-refractivity contribution in [2.75, 3.05) is 11.9 Å². The number of carboxylic acids is 1. The summed E-state index contributed by atoms with van der Waals surface area (Å²) in [7, 11) is 0. The lowest BCUT2D eigenvalue weighted by atomic mass is 9.99. The number of hydrogen-bond donors (Lipinski definition) is 4. The Morgan fingerprint density at radius 2 is 2.04 bits per heavy atom. The standard InChI is InChI=1S/C19H16N4O3/c1-10-7-15(24)13-4-2-3-11(18(13)22-10)14-8-16(21-9-17(25)26)23-19-12(14)5-6-20-19/h2-8H,9H2,1H3,(H,22,24)(H,25,26)(H2,20,21,23). The molecule has 0 fully saturated rings. The highest BCUT2D eigenvalue weighted by Gasteiger charge is 2.13. The molecular formula is C19H16N4O3. The molecule has 0 bridgehead atoms. The number of aromatic nitrogens is 3. The van der Waals surface area contributed by atoms with Gasteiger partial charge in [0.25, 0.3) is 0 Å². The minimum Gasteiger partial charge on any atom is -0.480 e. The monoisotopic (exact) mass is 348 g/mol. The number of anilines is 1. The third-order valence-corrected chi connectivity index (χ3v) is 4.24. The number of nitrogens with one attached hydrogen (secondary N) is 3. The summed E-state index contributed by atoms with van der Waals surface area (Å²) in [4.78, 5) is 33.9. The molecule has 0 aliphatic carbocycles. The maximum absolute atomic E-state index is 12.3. The molecule has 0 unspecified atom stereocenters. The van der Waals surface area contributed by atoms with Crippen LogP contribution in [0.3, 0.4) is 0 Å². The zero-order chi connectivity index (χ0) is 18.3. The van der Waals surface area contributed by atoms with Crippen molar-refractivity contribution >= 4 is 33.7 Å². The van der Waals surface area contributed by atoms with Gasteiger partial charge >= 0.3 is 5.97 Å². The predicted molar refractivity (Wildman–Crippen MR) is 101 cm³/mol. The summed E-state index contributed by atoms with van der Waals surface area (Å²) in [5.41, 5.74) is 3.84. The van der Waals surface area contributed by atoms with Crippen molar-refractivity contribution in [2.45, 2.75) is 6.92 Å². The van der Waals surface area contributed by atoms with Gasteiger partial charge in [-0.15, -0.1) is 0 Å². The highest BCUT2D eigenvalue weighted by molar-refractivity contribution is 6.03. The highest BCUT2D eigenvalue weighted by atomic mass is 16.4. The summed E-state index contributed by atoms with van der Waals surface area (Å²) in [6.45, 7) is 1.61. The first-order valence-corrected chi connectivity index (χ1v) is 8.10. The fraction of sp³-hybridized carbons (Fsp3) is 0.105. The molecule has 7 nitrogen and oxygen atoms in total. The van der Waals surface area contributed by atoms with Gasteiger partial charge in [0.15, 0.2) is 5.43 Å². The van der Waals surface area contributed by atoms with E-state index in [1.807, 2.05) is 25.1 Å². The van der Waals surface area contributed by atoms with Gasteiger partial charge in [-0.25, -0.2) is 4.98 Å². The molecule has 0 atom stereocenters. The molecule has 0 aliphatic rings. The predicted octanol–water partition coefficient (Wildman–Crippen LogP) is 2.88. The highest BCUT2D eigenvalue weighted by Crippen LogP contribution is 2.33. The molecule has 0 aliphatic heterocycles. The summed E-state index contributed by atoms with van der Waals surface area (Å²) in [5, 5.41) is 13.2. The first-order valence-electron chi connectivity index (χ1n) is 8.10. The van der Waals surface area contributed by atoms with E-state index in [9.17, 15) is 9.59 Å². The maximum Gasteiger partial charge on any atom is 0.322 e. The molecule has 3 heterocycles. The molecule has 4 N–H and O–H groups in total. The van der Waals surface area contributed by atoms with Crippen LogP contribution in [0.4, 0.5) is 5.82 Å².